The van der Waals surface area contributed by atoms with E-state index in [1.807, 2.05) is 6.92 Å². The minimum atomic E-state index is -0.418. The molecule has 0 saturated carbocycles. The predicted octanol–water partition coefficient (Wildman–Crippen LogP) is 2.03. The van der Waals surface area contributed by atoms with Crippen LogP contribution in [0, 0.1) is 5.82 Å². The van der Waals surface area contributed by atoms with Gasteiger partial charge in [0.1, 0.15) is 0 Å². The normalized spacial score (nSPS) is 19.9. The largest absolute Gasteiger partial charge is 0.491 e. The third kappa shape index (κ3) is 2.51. The Morgan fingerprint density at radius 1 is 1.56 bits per heavy atom. The lowest BCUT2D eigenvalue weighted by Gasteiger charge is -2.36. The van der Waals surface area contributed by atoms with E-state index in [2.05, 4.69) is 11.8 Å². The lowest BCUT2D eigenvalue weighted by Crippen LogP contribution is -2.44. The summed E-state index contributed by atoms with van der Waals surface area (Å²) in [7, 11) is 0. The van der Waals surface area contributed by atoms with Crippen molar-refractivity contribution in [3.05, 3.63) is 17.9 Å². The molecule has 1 aromatic carbocycles. The number of rotatable bonds is 3. The van der Waals surface area contributed by atoms with Gasteiger partial charge in [-0.25, -0.2) is 4.39 Å². The third-order valence-electron chi connectivity index (χ3n) is 3.06. The molecular weight excluding hydrogens is 235 g/mol. The zero-order chi connectivity index (χ0) is 13.1. The fourth-order valence-electron chi connectivity index (χ4n) is 2.16. The molecule has 0 bridgehead atoms. The van der Waals surface area contributed by atoms with E-state index in [1.165, 1.54) is 6.07 Å². The van der Waals surface area contributed by atoms with Crippen molar-refractivity contribution < 1.29 is 13.9 Å². The first-order chi connectivity index (χ1) is 8.63. The van der Waals surface area contributed by atoms with Gasteiger partial charge in [-0.15, -0.1) is 0 Å². The second-order valence-corrected chi connectivity index (χ2v) is 4.39. The molecule has 4 nitrogen and oxygen atoms in total. The average molecular weight is 254 g/mol. The standard InChI is InChI=1S/C13H19FN2O2/c1-3-18-13-7-12(11(15)6-10(13)14)16-4-5-17-8-9(16)2/h6-7,9H,3-5,8,15H2,1-2H3. The summed E-state index contributed by atoms with van der Waals surface area (Å²) in [4.78, 5) is 2.13. The predicted molar refractivity (Wildman–Crippen MR) is 69.6 cm³/mol. The van der Waals surface area contributed by atoms with Crippen LogP contribution in [0.25, 0.3) is 0 Å². The van der Waals surface area contributed by atoms with Crippen LogP contribution in [-0.2, 0) is 4.74 Å². The molecular formula is C13H19FN2O2. The van der Waals surface area contributed by atoms with Crippen LogP contribution < -0.4 is 15.4 Å². The number of nitrogen functional groups attached to an aromatic ring is 1. The number of halogens is 1. The molecule has 0 radical (unpaired) electrons. The Morgan fingerprint density at radius 3 is 3.00 bits per heavy atom. The van der Waals surface area contributed by atoms with Gasteiger partial charge in [0, 0.05) is 24.7 Å². The average Bonchev–Trinajstić information content (AvgIpc) is 2.34. The van der Waals surface area contributed by atoms with Gasteiger partial charge < -0.3 is 20.1 Å². The lowest BCUT2D eigenvalue weighted by molar-refractivity contribution is 0.0990. The van der Waals surface area contributed by atoms with E-state index in [9.17, 15) is 4.39 Å². The highest BCUT2D eigenvalue weighted by molar-refractivity contribution is 5.70. The van der Waals surface area contributed by atoms with E-state index in [-0.39, 0.29) is 11.8 Å². The molecule has 1 aromatic rings. The van der Waals surface area contributed by atoms with Gasteiger partial charge in [-0.3, -0.25) is 0 Å². The summed E-state index contributed by atoms with van der Waals surface area (Å²) in [5, 5.41) is 0. The summed E-state index contributed by atoms with van der Waals surface area (Å²) in [5.41, 5.74) is 7.15. The van der Waals surface area contributed by atoms with Crippen LogP contribution in [0.4, 0.5) is 15.8 Å². The smallest absolute Gasteiger partial charge is 0.167 e. The van der Waals surface area contributed by atoms with Crippen molar-refractivity contribution in [3.63, 3.8) is 0 Å². The highest BCUT2D eigenvalue weighted by Crippen LogP contribution is 2.32. The zero-order valence-corrected chi connectivity index (χ0v) is 10.8. The van der Waals surface area contributed by atoms with E-state index in [1.54, 1.807) is 6.07 Å². The van der Waals surface area contributed by atoms with Gasteiger partial charge in [0.2, 0.25) is 0 Å². The van der Waals surface area contributed by atoms with Crippen LogP contribution in [0.5, 0.6) is 5.75 Å². The van der Waals surface area contributed by atoms with Gasteiger partial charge in [0.05, 0.1) is 31.2 Å². The number of ether oxygens (including phenoxy) is 2. The Labute approximate surface area is 106 Å². The molecule has 1 saturated heterocycles. The molecule has 1 unspecified atom stereocenters. The first-order valence-electron chi connectivity index (χ1n) is 6.19. The maximum absolute atomic E-state index is 13.6. The number of benzene rings is 1. The Bertz CT molecular complexity index is 426. The minimum Gasteiger partial charge on any atom is -0.491 e. The van der Waals surface area contributed by atoms with Crippen LogP contribution in [0.2, 0.25) is 0 Å². The van der Waals surface area contributed by atoms with Gasteiger partial charge in [-0.1, -0.05) is 0 Å². The second-order valence-electron chi connectivity index (χ2n) is 4.39. The van der Waals surface area contributed by atoms with Crippen LogP contribution in [0.15, 0.2) is 12.1 Å². The number of nitrogens with two attached hydrogens (primary N) is 1. The molecule has 1 aliphatic rings. The quantitative estimate of drug-likeness (QED) is 0.838. The monoisotopic (exact) mass is 254 g/mol. The molecule has 0 aliphatic carbocycles. The van der Waals surface area contributed by atoms with Gasteiger partial charge in [-0.2, -0.15) is 0 Å². The molecule has 5 heteroatoms. The molecule has 2 rings (SSSR count). The number of morpholine rings is 1. The first kappa shape index (κ1) is 13.0. The summed E-state index contributed by atoms with van der Waals surface area (Å²) in [6.45, 7) is 6.38. The van der Waals surface area contributed by atoms with Crippen molar-refractivity contribution >= 4 is 11.4 Å². The SMILES string of the molecule is CCOc1cc(N2CCOCC2C)c(N)cc1F. The van der Waals surface area contributed by atoms with Crippen molar-refractivity contribution in [2.24, 2.45) is 0 Å². The second kappa shape index (κ2) is 5.44. The number of nitrogens with zero attached hydrogens (tertiary/aromatic N) is 1. The Balaban J connectivity index is 2.33. The van der Waals surface area contributed by atoms with Crippen LogP contribution in [-0.4, -0.2) is 32.4 Å². The highest BCUT2D eigenvalue weighted by atomic mass is 19.1. The summed E-state index contributed by atoms with van der Waals surface area (Å²) < 4.78 is 24.3. The van der Waals surface area contributed by atoms with Crippen molar-refractivity contribution in [1.82, 2.24) is 0 Å². The van der Waals surface area contributed by atoms with Gasteiger partial charge in [-0.05, 0) is 13.8 Å². The van der Waals surface area contributed by atoms with Crippen LogP contribution in [0.3, 0.4) is 0 Å². The topological polar surface area (TPSA) is 47.7 Å². The van der Waals surface area contributed by atoms with Crippen LogP contribution in [0.1, 0.15) is 13.8 Å². The Hall–Kier alpha value is -1.49. The summed E-state index contributed by atoms with van der Waals surface area (Å²) in [6, 6.07) is 3.22. The molecule has 2 N–H and O–H groups in total. The minimum absolute atomic E-state index is 0.223. The number of hydrogen-bond donors (Lipinski definition) is 1. The van der Waals surface area contributed by atoms with E-state index < -0.39 is 5.82 Å². The summed E-state index contributed by atoms with van der Waals surface area (Å²) in [6.07, 6.45) is 0. The Kier molecular flexibility index (Phi) is 3.91. The number of anilines is 2. The first-order valence-corrected chi connectivity index (χ1v) is 6.19. The summed E-state index contributed by atoms with van der Waals surface area (Å²) in [5.74, 6) is -0.167. The fourth-order valence-corrected chi connectivity index (χ4v) is 2.16. The maximum Gasteiger partial charge on any atom is 0.167 e. The molecule has 18 heavy (non-hydrogen) atoms. The van der Waals surface area contributed by atoms with Gasteiger partial charge >= 0.3 is 0 Å². The lowest BCUT2D eigenvalue weighted by atomic mass is 10.1. The van der Waals surface area contributed by atoms with Gasteiger partial charge in [0.15, 0.2) is 11.6 Å². The molecule has 1 aliphatic heterocycles. The molecule has 0 aromatic heterocycles. The molecule has 0 amide bonds. The Morgan fingerprint density at radius 2 is 2.33 bits per heavy atom. The molecule has 1 fully saturated rings. The number of hydrogen-bond acceptors (Lipinski definition) is 4. The van der Waals surface area contributed by atoms with Gasteiger partial charge in [0.25, 0.3) is 0 Å². The van der Waals surface area contributed by atoms with Crippen molar-refractivity contribution in [2.75, 3.05) is 37.0 Å². The van der Waals surface area contributed by atoms with E-state index in [0.717, 1.165) is 12.2 Å². The summed E-state index contributed by atoms with van der Waals surface area (Å²) >= 11 is 0. The molecule has 0 spiro atoms. The van der Waals surface area contributed by atoms with Crippen LogP contribution >= 0.6 is 0 Å². The highest BCUT2D eigenvalue weighted by Gasteiger charge is 2.22. The third-order valence-corrected chi connectivity index (χ3v) is 3.06. The molecule has 1 heterocycles. The fraction of sp³-hybridized carbons (Fsp3) is 0.538. The van der Waals surface area contributed by atoms with Crippen molar-refractivity contribution in [3.8, 4) is 5.75 Å². The maximum atomic E-state index is 13.6. The zero-order valence-electron chi connectivity index (χ0n) is 10.8. The van der Waals surface area contributed by atoms with Crippen molar-refractivity contribution in [2.45, 2.75) is 19.9 Å². The van der Waals surface area contributed by atoms with E-state index in [4.69, 9.17) is 15.2 Å². The molecule has 100 valence electrons. The van der Waals surface area contributed by atoms with Crippen molar-refractivity contribution in [1.29, 1.82) is 0 Å². The molecule has 1 atom stereocenters. The van der Waals surface area contributed by atoms with E-state index >= 15 is 0 Å². The van der Waals surface area contributed by atoms with E-state index in [0.29, 0.717) is 25.5 Å².